The number of hydrogen-bond acceptors (Lipinski definition) is 2. The van der Waals surface area contributed by atoms with E-state index >= 15 is 0 Å². The van der Waals surface area contributed by atoms with Crippen molar-refractivity contribution in [1.29, 1.82) is 0 Å². The Labute approximate surface area is 115 Å². The minimum absolute atomic E-state index is 0.0831. The average molecular weight is 254 g/mol. The summed E-state index contributed by atoms with van der Waals surface area (Å²) in [6, 6.07) is 21.2. The van der Waals surface area contributed by atoms with E-state index in [9.17, 15) is 0 Å². The average Bonchev–Trinajstić information content (AvgIpc) is 2.40. The molecule has 2 aromatic rings. The number of likely N-dealkylation sites (N-methyl/N-ethyl adjacent to an activating group) is 1. The predicted molar refractivity (Wildman–Crippen MR) is 81.0 cm³/mol. The summed E-state index contributed by atoms with van der Waals surface area (Å²) < 4.78 is 0. The van der Waals surface area contributed by atoms with Gasteiger partial charge in [-0.3, -0.25) is 0 Å². The molecule has 2 nitrogen and oxygen atoms in total. The van der Waals surface area contributed by atoms with E-state index in [0.29, 0.717) is 0 Å². The molecular formula is C17H22N2. The lowest BCUT2D eigenvalue weighted by Crippen LogP contribution is -2.38. The largest absolute Gasteiger partial charge is 0.326 e. The Hall–Kier alpha value is -1.64. The molecule has 0 fully saturated rings. The Kier molecular flexibility index (Phi) is 4.72. The molecule has 2 N–H and O–H groups in total. The quantitative estimate of drug-likeness (QED) is 0.889. The first-order chi connectivity index (χ1) is 9.18. The topological polar surface area (TPSA) is 29.3 Å². The van der Waals surface area contributed by atoms with E-state index in [0.717, 1.165) is 6.42 Å². The molecule has 2 atom stereocenters. The van der Waals surface area contributed by atoms with Crippen LogP contribution in [-0.4, -0.2) is 25.0 Å². The van der Waals surface area contributed by atoms with Gasteiger partial charge in [0.2, 0.25) is 0 Å². The van der Waals surface area contributed by atoms with E-state index in [1.54, 1.807) is 0 Å². The minimum atomic E-state index is 0.0831. The second-order valence-electron chi connectivity index (χ2n) is 5.17. The van der Waals surface area contributed by atoms with Gasteiger partial charge in [0.05, 0.1) is 0 Å². The monoisotopic (exact) mass is 254 g/mol. The van der Waals surface area contributed by atoms with E-state index in [2.05, 4.69) is 67.5 Å². The van der Waals surface area contributed by atoms with E-state index in [4.69, 9.17) is 5.73 Å². The van der Waals surface area contributed by atoms with E-state index < -0.39 is 0 Å². The Morgan fingerprint density at radius 2 is 1.42 bits per heavy atom. The van der Waals surface area contributed by atoms with Gasteiger partial charge in [0.25, 0.3) is 0 Å². The van der Waals surface area contributed by atoms with Gasteiger partial charge in [0.1, 0.15) is 0 Å². The summed E-state index contributed by atoms with van der Waals surface area (Å²) in [6.07, 6.45) is 0.887. The molecule has 19 heavy (non-hydrogen) atoms. The van der Waals surface area contributed by atoms with Gasteiger partial charge >= 0.3 is 0 Å². The maximum absolute atomic E-state index is 6.44. The first-order valence-corrected chi connectivity index (χ1v) is 6.69. The zero-order chi connectivity index (χ0) is 13.7. The van der Waals surface area contributed by atoms with Crippen molar-refractivity contribution in [3.05, 3.63) is 71.8 Å². The molecule has 0 amide bonds. The van der Waals surface area contributed by atoms with Crippen LogP contribution in [-0.2, 0) is 6.42 Å². The fourth-order valence-electron chi connectivity index (χ4n) is 2.58. The van der Waals surface area contributed by atoms with Crippen LogP contribution in [0.25, 0.3) is 0 Å². The fourth-order valence-corrected chi connectivity index (χ4v) is 2.58. The van der Waals surface area contributed by atoms with Gasteiger partial charge in [-0.1, -0.05) is 60.7 Å². The molecule has 0 aromatic heterocycles. The fraction of sp³-hybridized carbons (Fsp3) is 0.294. The van der Waals surface area contributed by atoms with Gasteiger partial charge in [-0.05, 0) is 31.6 Å². The Morgan fingerprint density at radius 3 is 1.95 bits per heavy atom. The zero-order valence-corrected chi connectivity index (χ0v) is 11.7. The first kappa shape index (κ1) is 13.8. The molecule has 0 radical (unpaired) electrons. The van der Waals surface area contributed by atoms with Crippen molar-refractivity contribution in [2.75, 3.05) is 14.1 Å². The van der Waals surface area contributed by atoms with Gasteiger partial charge in [-0.15, -0.1) is 0 Å². The van der Waals surface area contributed by atoms with Gasteiger partial charge < -0.3 is 10.6 Å². The highest BCUT2D eigenvalue weighted by atomic mass is 15.1. The van der Waals surface area contributed by atoms with E-state index in [-0.39, 0.29) is 12.1 Å². The summed E-state index contributed by atoms with van der Waals surface area (Å²) in [4.78, 5) is 2.20. The van der Waals surface area contributed by atoms with Gasteiger partial charge in [0, 0.05) is 12.1 Å². The number of nitrogens with zero attached hydrogens (tertiary/aromatic N) is 1. The van der Waals surface area contributed by atoms with Crippen LogP contribution in [0, 0.1) is 0 Å². The van der Waals surface area contributed by atoms with Crippen molar-refractivity contribution < 1.29 is 0 Å². The number of rotatable bonds is 5. The maximum atomic E-state index is 6.44. The first-order valence-electron chi connectivity index (χ1n) is 6.69. The third kappa shape index (κ3) is 3.66. The van der Waals surface area contributed by atoms with Crippen LogP contribution in [0.1, 0.15) is 17.2 Å². The molecular weight excluding hydrogens is 232 g/mol. The van der Waals surface area contributed by atoms with Crippen molar-refractivity contribution in [2.24, 2.45) is 5.73 Å². The third-order valence-electron chi connectivity index (χ3n) is 3.42. The second-order valence-corrected chi connectivity index (χ2v) is 5.17. The molecule has 2 heteroatoms. The molecule has 0 aliphatic rings. The lowest BCUT2D eigenvalue weighted by atomic mass is 9.94. The molecule has 0 saturated heterocycles. The highest BCUT2D eigenvalue weighted by molar-refractivity contribution is 5.23. The highest BCUT2D eigenvalue weighted by Gasteiger charge is 2.21. The summed E-state index contributed by atoms with van der Waals surface area (Å²) >= 11 is 0. The standard InChI is InChI=1S/C17H22N2/c1-19(2)17(15-11-7-4-8-12-15)16(18)13-14-9-5-3-6-10-14/h3-12,16-17H,13,18H2,1-2H3. The van der Waals surface area contributed by atoms with Gasteiger partial charge in [-0.25, -0.2) is 0 Å². The molecule has 0 saturated carbocycles. The number of nitrogens with two attached hydrogens (primary N) is 1. The second kappa shape index (κ2) is 6.50. The highest BCUT2D eigenvalue weighted by Crippen LogP contribution is 2.22. The van der Waals surface area contributed by atoms with Crippen molar-refractivity contribution in [2.45, 2.75) is 18.5 Å². The van der Waals surface area contributed by atoms with Crippen LogP contribution in [0.3, 0.4) is 0 Å². The molecule has 2 aromatic carbocycles. The van der Waals surface area contributed by atoms with Crippen LogP contribution in [0.5, 0.6) is 0 Å². The van der Waals surface area contributed by atoms with Crippen LogP contribution in [0.4, 0.5) is 0 Å². The minimum Gasteiger partial charge on any atom is -0.326 e. The molecule has 2 unspecified atom stereocenters. The zero-order valence-electron chi connectivity index (χ0n) is 11.7. The number of benzene rings is 2. The summed E-state index contributed by atoms with van der Waals surface area (Å²) in [6.45, 7) is 0. The summed E-state index contributed by atoms with van der Waals surface area (Å²) in [7, 11) is 4.17. The summed E-state index contributed by atoms with van der Waals surface area (Å²) in [5, 5.41) is 0. The van der Waals surface area contributed by atoms with Crippen molar-refractivity contribution in [3.63, 3.8) is 0 Å². The Morgan fingerprint density at radius 1 is 0.895 bits per heavy atom. The van der Waals surface area contributed by atoms with Crippen LogP contribution in [0.2, 0.25) is 0 Å². The van der Waals surface area contributed by atoms with Crippen LogP contribution in [0.15, 0.2) is 60.7 Å². The maximum Gasteiger partial charge on any atom is 0.0497 e. The molecule has 0 bridgehead atoms. The summed E-state index contributed by atoms with van der Waals surface area (Å²) in [5.41, 5.74) is 9.00. The normalized spacial score (nSPS) is 14.3. The Balaban J connectivity index is 2.16. The van der Waals surface area contributed by atoms with E-state index in [1.807, 2.05) is 12.1 Å². The molecule has 100 valence electrons. The molecule has 2 rings (SSSR count). The Bertz CT molecular complexity index is 479. The van der Waals surface area contributed by atoms with Gasteiger partial charge in [-0.2, -0.15) is 0 Å². The lowest BCUT2D eigenvalue weighted by molar-refractivity contribution is 0.256. The SMILES string of the molecule is CN(C)C(c1ccccc1)C(N)Cc1ccccc1. The molecule has 0 spiro atoms. The van der Waals surface area contributed by atoms with Crippen LogP contribution < -0.4 is 5.73 Å². The van der Waals surface area contributed by atoms with Crippen molar-refractivity contribution >= 4 is 0 Å². The molecule has 0 aliphatic heterocycles. The van der Waals surface area contributed by atoms with Gasteiger partial charge in [0.15, 0.2) is 0 Å². The van der Waals surface area contributed by atoms with Crippen molar-refractivity contribution in [1.82, 2.24) is 4.90 Å². The smallest absolute Gasteiger partial charge is 0.0497 e. The molecule has 0 aliphatic carbocycles. The number of hydrogen-bond donors (Lipinski definition) is 1. The summed E-state index contributed by atoms with van der Waals surface area (Å²) in [5.74, 6) is 0. The predicted octanol–water partition coefficient (Wildman–Crippen LogP) is 2.86. The third-order valence-corrected chi connectivity index (χ3v) is 3.42. The molecule has 0 heterocycles. The van der Waals surface area contributed by atoms with Crippen molar-refractivity contribution in [3.8, 4) is 0 Å². The van der Waals surface area contributed by atoms with E-state index in [1.165, 1.54) is 11.1 Å². The lowest BCUT2D eigenvalue weighted by Gasteiger charge is -2.30. The van der Waals surface area contributed by atoms with Crippen LogP contribution >= 0.6 is 0 Å².